The van der Waals surface area contributed by atoms with E-state index in [0.717, 1.165) is 50.1 Å². The van der Waals surface area contributed by atoms with Crippen LogP contribution in [-0.2, 0) is 27.9 Å². The topological polar surface area (TPSA) is 70.1 Å². The zero-order valence-corrected chi connectivity index (χ0v) is 30.0. The van der Waals surface area contributed by atoms with Gasteiger partial charge in [0.05, 0.1) is 11.5 Å². The van der Waals surface area contributed by atoms with Crippen molar-refractivity contribution in [1.82, 2.24) is 19.5 Å². The summed E-state index contributed by atoms with van der Waals surface area (Å²) in [5, 5.41) is 14.3. The molecule has 0 atom stereocenters. The fourth-order valence-corrected chi connectivity index (χ4v) is 6.76. The van der Waals surface area contributed by atoms with Crippen molar-refractivity contribution in [3.8, 4) is 34.0 Å². The molecule has 0 bridgehead atoms. The quantitative estimate of drug-likeness (QED) is 0.0997. The molecule has 0 amide bonds. The summed E-state index contributed by atoms with van der Waals surface area (Å²) in [4.78, 5) is 14.7. The van der Waals surface area contributed by atoms with Crippen molar-refractivity contribution in [2.45, 2.75) is 65.8 Å². The third-order valence-electron chi connectivity index (χ3n) is 9.23. The van der Waals surface area contributed by atoms with E-state index < -0.39 is 5.54 Å². The van der Waals surface area contributed by atoms with Crippen molar-refractivity contribution in [1.29, 1.82) is 0 Å². The van der Waals surface area contributed by atoms with Gasteiger partial charge in [0.1, 0.15) is 5.75 Å². The summed E-state index contributed by atoms with van der Waals surface area (Å²) in [6, 6.07) is 24.8. The summed E-state index contributed by atoms with van der Waals surface area (Å²) >= 11 is 0. The molecule has 7 heteroatoms. The summed E-state index contributed by atoms with van der Waals surface area (Å²) in [6.07, 6.45) is 9.36. The molecule has 0 saturated carbocycles. The van der Waals surface area contributed by atoms with Gasteiger partial charge in [-0.3, -0.25) is 9.97 Å². The Hall–Kier alpha value is -4.36. The summed E-state index contributed by atoms with van der Waals surface area (Å²) in [5.41, 5.74) is 8.70. The predicted octanol–water partition coefficient (Wildman–Crippen LogP) is 8.56. The van der Waals surface area contributed by atoms with Crippen LogP contribution in [0.4, 0.5) is 0 Å². The van der Waals surface area contributed by atoms with Crippen LogP contribution >= 0.6 is 0 Å². The minimum absolute atomic E-state index is 0. The van der Waals surface area contributed by atoms with Gasteiger partial charge in [0.15, 0.2) is 0 Å². The van der Waals surface area contributed by atoms with Gasteiger partial charge in [-0.2, -0.15) is 0 Å². The van der Waals surface area contributed by atoms with E-state index in [4.69, 9.17) is 9.97 Å². The average molecular weight is 803 g/mol. The first kappa shape index (κ1) is 32.6. The Labute approximate surface area is 292 Å². The fraction of sp³-hybridized carbons (Fsp3) is 0.250. The van der Waals surface area contributed by atoms with Gasteiger partial charge in [0.2, 0.25) is 0 Å². The summed E-state index contributed by atoms with van der Waals surface area (Å²) in [6.45, 7) is 15.2. The molecule has 3 aromatic carbocycles. The van der Waals surface area contributed by atoms with Crippen LogP contribution in [0.5, 0.6) is 5.75 Å². The van der Waals surface area contributed by atoms with Crippen LogP contribution in [0.15, 0.2) is 91.4 Å². The largest absolute Gasteiger partial charge is 3.00 e. The normalized spacial score (nSPS) is 12.0. The second-order valence-electron chi connectivity index (χ2n) is 13.3. The second-order valence-corrected chi connectivity index (χ2v) is 13.3. The molecule has 240 valence electrons. The van der Waals surface area contributed by atoms with Gasteiger partial charge in [-0.15, -0.1) is 11.4 Å². The molecule has 0 radical (unpaired) electrons. The molecule has 0 aliphatic carbocycles. The Morgan fingerprint density at radius 1 is 0.851 bits per heavy atom. The van der Waals surface area contributed by atoms with Gasteiger partial charge in [-0.25, -0.2) is 0 Å². The minimum atomic E-state index is -0.490. The Morgan fingerprint density at radius 3 is 2.23 bits per heavy atom. The maximum atomic E-state index is 11.3. The molecule has 0 fully saturated rings. The number of benzene rings is 3. The van der Waals surface area contributed by atoms with Crippen LogP contribution in [0.2, 0.25) is 0 Å². The molecule has 7 aromatic rings. The van der Waals surface area contributed by atoms with Crippen LogP contribution in [0.1, 0.15) is 75.9 Å². The second kappa shape index (κ2) is 12.3. The number of nitrogens with zero attached hydrogens (tertiary/aromatic N) is 5. The maximum Gasteiger partial charge on any atom is 3.00 e. The number of phenolic OH excluding ortho intramolecular Hbond substituents is 1. The number of hydrogen-bond acceptors (Lipinski definition) is 2. The van der Waals surface area contributed by atoms with Crippen LogP contribution < -0.4 is 14.5 Å². The van der Waals surface area contributed by atoms with E-state index in [-0.39, 0.29) is 28.1 Å². The Kier molecular flexibility index (Phi) is 8.56. The van der Waals surface area contributed by atoms with Crippen molar-refractivity contribution in [3.63, 3.8) is 0 Å². The Morgan fingerprint density at radius 2 is 1.53 bits per heavy atom. The van der Waals surface area contributed by atoms with E-state index >= 15 is 0 Å². The molecule has 4 heterocycles. The zero-order chi connectivity index (χ0) is 32.3. The smallest absolute Gasteiger partial charge is 0.661 e. The molecule has 47 heavy (non-hydrogen) atoms. The standard InChI is InChI=1S/C40H39N5O.Au/c1-24(2)28-14-10-15-29(25(3)4)35(28)27-17-18-34(46)33(22-27)37-30-12-8-9-13-31(30)39(43-37)44-20-21-45(23-44)40(6,7)38-32-16-11-19-41-36(32)26(5)42-38;/h8-22,24-25H,1-7H3,(H-,41,42,46);/q-2;+3. The molecule has 0 unspecified atom stereocenters. The first-order valence-corrected chi connectivity index (χ1v) is 16.0. The van der Waals surface area contributed by atoms with E-state index in [2.05, 4.69) is 99.9 Å². The number of pyridine rings is 1. The predicted molar refractivity (Wildman–Crippen MR) is 185 cm³/mol. The van der Waals surface area contributed by atoms with Crippen molar-refractivity contribution < 1.29 is 32.1 Å². The Balaban J connectivity index is 0.00000386. The van der Waals surface area contributed by atoms with Crippen LogP contribution in [-0.4, -0.2) is 14.7 Å². The molecule has 7 rings (SSSR count). The number of aryl methyl sites for hydroxylation is 1. The van der Waals surface area contributed by atoms with Crippen molar-refractivity contribution in [2.75, 3.05) is 0 Å². The molecule has 0 saturated heterocycles. The third kappa shape index (κ3) is 5.44. The molecule has 1 N–H and O–H groups in total. The number of fused-ring (bicyclic) bond motifs is 2. The Bertz CT molecular complexity index is 2210. The SMILES string of the molecule is Cc1[n-]c(C(C)(C)n2[c-][n+](-c3[n-]c(-c4cc(-c5c(C(C)C)cccc5C(C)C)ccc4O)c4ccccc34)cc2)c2cccnc12.[Au+3]. The van der Waals surface area contributed by atoms with E-state index in [1.54, 1.807) is 6.07 Å². The maximum absolute atomic E-state index is 11.3. The van der Waals surface area contributed by atoms with Crippen LogP contribution in [0, 0.1) is 13.3 Å². The van der Waals surface area contributed by atoms with Gasteiger partial charge in [0.25, 0.3) is 0 Å². The molecule has 0 aliphatic rings. The number of aromatic nitrogens is 5. The fourth-order valence-electron chi connectivity index (χ4n) is 6.76. The van der Waals surface area contributed by atoms with Gasteiger partial charge in [-0.1, -0.05) is 102 Å². The molecule has 0 spiro atoms. The first-order valence-electron chi connectivity index (χ1n) is 16.0. The summed E-state index contributed by atoms with van der Waals surface area (Å²) in [5.74, 6) is 1.68. The number of phenols is 1. The molecular weight excluding hydrogens is 763 g/mol. The molecule has 6 nitrogen and oxygen atoms in total. The van der Waals surface area contributed by atoms with E-state index in [0.29, 0.717) is 17.4 Å². The van der Waals surface area contributed by atoms with E-state index in [1.165, 1.54) is 16.7 Å². The van der Waals surface area contributed by atoms with E-state index in [9.17, 15) is 5.11 Å². The third-order valence-corrected chi connectivity index (χ3v) is 9.23. The average Bonchev–Trinajstić information content (AvgIpc) is 3.78. The monoisotopic (exact) mass is 802 g/mol. The molecular formula is C40H39AuN5O+. The first-order chi connectivity index (χ1) is 22.1. The summed E-state index contributed by atoms with van der Waals surface area (Å²) in [7, 11) is 0. The van der Waals surface area contributed by atoms with Crippen molar-refractivity contribution in [3.05, 3.63) is 120 Å². The number of aromatic hydroxyl groups is 1. The summed E-state index contributed by atoms with van der Waals surface area (Å²) < 4.78 is 3.99. The number of imidazole rings is 1. The van der Waals surface area contributed by atoms with Crippen LogP contribution in [0.25, 0.3) is 49.9 Å². The van der Waals surface area contributed by atoms with Crippen LogP contribution in [0.3, 0.4) is 0 Å². The number of rotatable bonds is 7. The van der Waals surface area contributed by atoms with Gasteiger partial charge in [0, 0.05) is 34.5 Å². The van der Waals surface area contributed by atoms with Crippen molar-refractivity contribution in [2.24, 2.45) is 0 Å². The minimum Gasteiger partial charge on any atom is -0.661 e. The van der Waals surface area contributed by atoms with Gasteiger partial charge >= 0.3 is 22.4 Å². The van der Waals surface area contributed by atoms with Gasteiger partial charge in [-0.05, 0) is 76.9 Å². The van der Waals surface area contributed by atoms with E-state index in [1.807, 2.05) is 54.3 Å². The molecule has 4 aromatic heterocycles. The van der Waals surface area contributed by atoms with Gasteiger partial charge < -0.3 is 19.2 Å². The number of hydrogen-bond donors (Lipinski definition) is 1. The van der Waals surface area contributed by atoms with Crippen molar-refractivity contribution >= 4 is 21.7 Å². The zero-order valence-electron chi connectivity index (χ0n) is 27.8. The molecule has 0 aliphatic heterocycles.